The molecule has 0 radical (unpaired) electrons. The third kappa shape index (κ3) is 3.62. The molecule has 6 heteroatoms. The van der Waals surface area contributed by atoms with Gasteiger partial charge in [-0.2, -0.15) is 4.31 Å². The van der Waals surface area contributed by atoms with Crippen molar-refractivity contribution in [3.05, 3.63) is 17.9 Å². The van der Waals surface area contributed by atoms with Gasteiger partial charge in [-0.25, -0.2) is 8.42 Å². The summed E-state index contributed by atoms with van der Waals surface area (Å²) in [6.45, 7) is 3.96. The minimum atomic E-state index is -3.49. The predicted molar refractivity (Wildman–Crippen MR) is 77.9 cm³/mol. The van der Waals surface area contributed by atoms with Crippen molar-refractivity contribution in [1.29, 1.82) is 0 Å². The Morgan fingerprint density at radius 1 is 1.35 bits per heavy atom. The fraction of sp³-hybridized carbons (Fsp3) is 0.714. The van der Waals surface area contributed by atoms with Crippen LogP contribution in [-0.2, 0) is 16.6 Å². The van der Waals surface area contributed by atoms with E-state index in [9.17, 15) is 8.42 Å². The summed E-state index contributed by atoms with van der Waals surface area (Å²) >= 11 is 0. The third-order valence-electron chi connectivity index (χ3n) is 3.84. The topological polar surface area (TPSA) is 62.6 Å². The fourth-order valence-electron chi connectivity index (χ4n) is 2.65. The van der Waals surface area contributed by atoms with Crippen LogP contribution in [0.1, 0.15) is 38.4 Å². The molecule has 1 aromatic rings. The molecule has 1 aliphatic rings. The lowest BCUT2D eigenvalue weighted by molar-refractivity contribution is 0.356. The molecule has 0 unspecified atom stereocenters. The molecule has 0 aliphatic heterocycles. The van der Waals surface area contributed by atoms with Crippen LogP contribution >= 0.6 is 0 Å². The van der Waals surface area contributed by atoms with Gasteiger partial charge in [0.05, 0.1) is 6.54 Å². The van der Waals surface area contributed by atoms with Gasteiger partial charge in [0.25, 0.3) is 10.0 Å². The van der Waals surface area contributed by atoms with E-state index in [0.717, 1.165) is 19.4 Å². The van der Waals surface area contributed by atoms with Gasteiger partial charge < -0.3 is 9.73 Å². The van der Waals surface area contributed by atoms with Crippen molar-refractivity contribution in [3.8, 4) is 0 Å². The Bertz CT molecular complexity index is 518. The maximum atomic E-state index is 12.4. The molecule has 1 aromatic heterocycles. The first kappa shape index (κ1) is 15.5. The zero-order chi connectivity index (χ0) is 14.6. The number of furan rings is 1. The average molecular weight is 300 g/mol. The van der Waals surface area contributed by atoms with E-state index in [0.29, 0.717) is 24.8 Å². The zero-order valence-electron chi connectivity index (χ0n) is 12.3. The second-order valence-electron chi connectivity index (χ2n) is 5.44. The molecule has 0 spiro atoms. The summed E-state index contributed by atoms with van der Waals surface area (Å²) in [6, 6.07) is 3.27. The second kappa shape index (κ2) is 6.74. The first-order valence-electron chi connectivity index (χ1n) is 7.29. The molecule has 1 saturated carbocycles. The normalized spacial score (nSPS) is 17.1. The lowest BCUT2D eigenvalue weighted by Gasteiger charge is -2.19. The lowest BCUT2D eigenvalue weighted by Crippen LogP contribution is -2.31. The van der Waals surface area contributed by atoms with Crippen molar-refractivity contribution in [2.24, 2.45) is 5.92 Å². The maximum Gasteiger partial charge on any atom is 0.276 e. The predicted octanol–water partition coefficient (Wildman–Crippen LogP) is 2.20. The lowest BCUT2D eigenvalue weighted by atomic mass is 10.1. The number of hydrogen-bond acceptors (Lipinski definition) is 4. The Morgan fingerprint density at radius 2 is 2.05 bits per heavy atom. The van der Waals surface area contributed by atoms with Gasteiger partial charge in [-0.15, -0.1) is 0 Å². The van der Waals surface area contributed by atoms with Gasteiger partial charge in [0.1, 0.15) is 5.76 Å². The summed E-state index contributed by atoms with van der Waals surface area (Å²) in [6.07, 6.45) is 4.69. The van der Waals surface area contributed by atoms with Gasteiger partial charge in [0.15, 0.2) is 0 Å². The van der Waals surface area contributed by atoms with E-state index >= 15 is 0 Å². The summed E-state index contributed by atoms with van der Waals surface area (Å²) in [5.74, 6) is 1.14. The van der Waals surface area contributed by atoms with Gasteiger partial charge in [-0.3, -0.25) is 0 Å². The SMILES string of the molecule is CCNCc1ccc(S(=O)(=O)N(C)CC2CCCC2)o1. The number of nitrogens with one attached hydrogen (secondary N) is 1. The zero-order valence-corrected chi connectivity index (χ0v) is 13.1. The van der Waals surface area contributed by atoms with Gasteiger partial charge >= 0.3 is 0 Å². The van der Waals surface area contributed by atoms with E-state index in [4.69, 9.17) is 4.42 Å². The van der Waals surface area contributed by atoms with E-state index in [1.807, 2.05) is 6.92 Å². The molecule has 0 bridgehead atoms. The van der Waals surface area contributed by atoms with Crippen molar-refractivity contribution in [1.82, 2.24) is 9.62 Å². The van der Waals surface area contributed by atoms with Crippen LogP contribution < -0.4 is 5.32 Å². The van der Waals surface area contributed by atoms with E-state index in [-0.39, 0.29) is 5.09 Å². The molecule has 1 N–H and O–H groups in total. The summed E-state index contributed by atoms with van der Waals surface area (Å²) in [5.41, 5.74) is 0. The Kier molecular flexibility index (Phi) is 5.23. The summed E-state index contributed by atoms with van der Waals surface area (Å²) in [4.78, 5) is 0. The van der Waals surface area contributed by atoms with Crippen molar-refractivity contribution >= 4 is 10.0 Å². The summed E-state index contributed by atoms with van der Waals surface area (Å²) < 4.78 is 31.7. The average Bonchev–Trinajstić information content (AvgIpc) is 3.07. The van der Waals surface area contributed by atoms with Crippen LogP contribution in [0.15, 0.2) is 21.6 Å². The van der Waals surface area contributed by atoms with E-state index in [1.54, 1.807) is 19.2 Å². The van der Waals surface area contributed by atoms with Gasteiger partial charge in [-0.1, -0.05) is 19.8 Å². The van der Waals surface area contributed by atoms with E-state index < -0.39 is 10.0 Å². The molecule has 1 heterocycles. The summed E-state index contributed by atoms with van der Waals surface area (Å²) in [5, 5.41) is 3.16. The van der Waals surface area contributed by atoms with Crippen molar-refractivity contribution in [3.63, 3.8) is 0 Å². The van der Waals surface area contributed by atoms with E-state index in [1.165, 1.54) is 17.1 Å². The van der Waals surface area contributed by atoms with Gasteiger partial charge in [0, 0.05) is 13.6 Å². The summed E-state index contributed by atoms with van der Waals surface area (Å²) in [7, 11) is -1.85. The van der Waals surface area contributed by atoms with Crippen LogP contribution in [0.25, 0.3) is 0 Å². The maximum absolute atomic E-state index is 12.4. The molecule has 0 atom stereocenters. The first-order valence-corrected chi connectivity index (χ1v) is 8.73. The number of rotatable bonds is 7. The molecular formula is C14H24N2O3S. The molecule has 2 rings (SSSR count). The second-order valence-corrected chi connectivity index (χ2v) is 7.41. The molecule has 0 amide bonds. The van der Waals surface area contributed by atoms with Crippen molar-refractivity contribution in [2.75, 3.05) is 20.1 Å². The van der Waals surface area contributed by atoms with Gasteiger partial charge in [0.2, 0.25) is 5.09 Å². The Morgan fingerprint density at radius 3 is 2.70 bits per heavy atom. The number of hydrogen-bond donors (Lipinski definition) is 1. The van der Waals surface area contributed by atoms with Crippen LogP contribution in [0, 0.1) is 5.92 Å². The minimum Gasteiger partial charge on any atom is -0.447 e. The highest BCUT2D eigenvalue weighted by Gasteiger charge is 2.27. The molecular weight excluding hydrogens is 276 g/mol. The first-order chi connectivity index (χ1) is 9.54. The van der Waals surface area contributed by atoms with Crippen molar-refractivity contribution in [2.45, 2.75) is 44.2 Å². The number of sulfonamides is 1. The third-order valence-corrected chi connectivity index (χ3v) is 5.54. The monoisotopic (exact) mass is 300 g/mol. The molecule has 0 saturated heterocycles. The highest BCUT2D eigenvalue weighted by molar-refractivity contribution is 7.89. The number of nitrogens with zero attached hydrogens (tertiary/aromatic N) is 1. The van der Waals surface area contributed by atoms with Gasteiger partial charge in [-0.05, 0) is 37.4 Å². The molecule has 0 aromatic carbocycles. The van der Waals surface area contributed by atoms with Crippen LogP contribution in [-0.4, -0.2) is 32.9 Å². The minimum absolute atomic E-state index is 0.0471. The van der Waals surface area contributed by atoms with Crippen LogP contribution in [0.4, 0.5) is 0 Å². The molecule has 1 fully saturated rings. The molecule has 114 valence electrons. The molecule has 20 heavy (non-hydrogen) atoms. The van der Waals surface area contributed by atoms with Crippen LogP contribution in [0.2, 0.25) is 0 Å². The highest BCUT2D eigenvalue weighted by Crippen LogP contribution is 2.27. The highest BCUT2D eigenvalue weighted by atomic mass is 32.2. The largest absolute Gasteiger partial charge is 0.447 e. The molecule has 1 aliphatic carbocycles. The standard InChI is InChI=1S/C14H24N2O3S/c1-3-15-10-13-8-9-14(19-13)20(17,18)16(2)11-12-6-4-5-7-12/h8-9,12,15H,3-7,10-11H2,1-2H3. The Labute approximate surface area is 121 Å². The smallest absolute Gasteiger partial charge is 0.276 e. The van der Waals surface area contributed by atoms with E-state index in [2.05, 4.69) is 5.32 Å². The Balaban J connectivity index is 2.02. The quantitative estimate of drug-likeness (QED) is 0.838. The van der Waals surface area contributed by atoms with Crippen LogP contribution in [0.5, 0.6) is 0 Å². The van der Waals surface area contributed by atoms with Crippen LogP contribution in [0.3, 0.4) is 0 Å². The molecule has 5 nitrogen and oxygen atoms in total. The Hall–Kier alpha value is -0.850. The fourth-order valence-corrected chi connectivity index (χ4v) is 3.81. The van der Waals surface area contributed by atoms with Crippen molar-refractivity contribution < 1.29 is 12.8 Å².